The fraction of sp³-hybridized carbons (Fsp3) is 0.130. The van der Waals surface area contributed by atoms with Crippen molar-refractivity contribution in [2.45, 2.75) is 13.3 Å². The highest BCUT2D eigenvalue weighted by atomic mass is 35.5. The Balaban J connectivity index is 1.65. The Bertz CT molecular complexity index is 1100. The third-order valence-corrected chi connectivity index (χ3v) is 4.98. The van der Waals surface area contributed by atoms with Crippen LogP contribution in [0.15, 0.2) is 79.1 Å². The van der Waals surface area contributed by atoms with E-state index in [0.717, 1.165) is 12.1 Å². The molecule has 0 bridgehead atoms. The lowest BCUT2D eigenvalue weighted by Crippen LogP contribution is -2.27. The number of halogens is 1. The van der Waals surface area contributed by atoms with Crippen molar-refractivity contribution in [3.05, 3.63) is 101 Å². The Hall–Kier alpha value is -3.31. The number of carbonyl (C=O) groups excluding carboxylic acids is 1. The minimum absolute atomic E-state index is 0.137. The largest absolute Gasteiger partial charge is 0.352 e. The molecule has 0 aliphatic heterocycles. The summed E-state index contributed by atoms with van der Waals surface area (Å²) in [6.07, 6.45) is 4.59. The van der Waals surface area contributed by atoms with E-state index in [9.17, 15) is 4.79 Å². The number of nitrogens with zero attached hydrogens (tertiary/aromatic N) is 3. The number of aromatic nitrogens is 3. The number of hydrogen-bond donors (Lipinski definition) is 1. The van der Waals surface area contributed by atoms with Gasteiger partial charge >= 0.3 is 0 Å². The molecule has 0 spiro atoms. The van der Waals surface area contributed by atoms with Gasteiger partial charge in [0.05, 0.1) is 11.4 Å². The average Bonchev–Trinajstić information content (AvgIpc) is 3.37. The number of benzene rings is 2. The van der Waals surface area contributed by atoms with Gasteiger partial charge in [-0.3, -0.25) is 4.79 Å². The topological polar surface area (TPSA) is 51.9 Å². The van der Waals surface area contributed by atoms with E-state index in [4.69, 9.17) is 11.6 Å². The van der Waals surface area contributed by atoms with Crippen LogP contribution in [-0.4, -0.2) is 26.8 Å². The zero-order chi connectivity index (χ0) is 20.2. The van der Waals surface area contributed by atoms with E-state index in [1.807, 2.05) is 78.5 Å². The monoisotopic (exact) mass is 404 g/mol. The summed E-state index contributed by atoms with van der Waals surface area (Å²) in [5, 5.41) is 8.34. The quantitative estimate of drug-likeness (QED) is 0.510. The molecule has 4 aromatic rings. The molecule has 29 heavy (non-hydrogen) atoms. The van der Waals surface area contributed by atoms with Gasteiger partial charge in [-0.05, 0) is 55.3 Å². The lowest BCUT2D eigenvalue weighted by molar-refractivity contribution is 0.0953. The molecule has 2 aromatic carbocycles. The van der Waals surface area contributed by atoms with Crippen molar-refractivity contribution in [3.63, 3.8) is 0 Å². The van der Waals surface area contributed by atoms with E-state index in [0.29, 0.717) is 28.6 Å². The Kier molecular flexibility index (Phi) is 5.49. The first kappa shape index (κ1) is 19.0. The molecule has 146 valence electrons. The summed E-state index contributed by atoms with van der Waals surface area (Å²) in [4.78, 5) is 13.1. The molecule has 0 aliphatic rings. The number of carbonyl (C=O) groups is 1. The molecule has 0 unspecified atom stereocenters. The van der Waals surface area contributed by atoms with Crippen LogP contribution in [0.5, 0.6) is 0 Å². The molecule has 2 heterocycles. The maximum Gasteiger partial charge on any atom is 0.257 e. The molecule has 2 aromatic heterocycles. The maximum atomic E-state index is 13.1. The first-order valence-corrected chi connectivity index (χ1v) is 9.82. The number of nitrogens with one attached hydrogen (secondary N) is 1. The van der Waals surface area contributed by atoms with Crippen molar-refractivity contribution in [1.29, 1.82) is 0 Å². The second-order valence-electron chi connectivity index (χ2n) is 6.75. The molecule has 1 N–H and O–H groups in total. The van der Waals surface area contributed by atoms with Gasteiger partial charge in [-0.2, -0.15) is 5.10 Å². The SMILES string of the molecule is Cc1nn(-c2ccc(Cl)cc2)c(-n2cccc2)c1C(=O)NCCc1ccccc1. The molecule has 5 nitrogen and oxygen atoms in total. The van der Waals surface area contributed by atoms with Crippen molar-refractivity contribution in [1.82, 2.24) is 19.7 Å². The fourth-order valence-corrected chi connectivity index (χ4v) is 3.44. The van der Waals surface area contributed by atoms with Gasteiger partial charge in [0.15, 0.2) is 5.82 Å². The van der Waals surface area contributed by atoms with Gasteiger partial charge in [0.2, 0.25) is 0 Å². The Morgan fingerprint density at radius 2 is 1.69 bits per heavy atom. The number of rotatable bonds is 6. The predicted octanol–water partition coefficient (Wildman–Crippen LogP) is 4.60. The number of hydrogen-bond acceptors (Lipinski definition) is 2. The molecular formula is C23H21ClN4O. The Morgan fingerprint density at radius 3 is 2.38 bits per heavy atom. The zero-order valence-corrected chi connectivity index (χ0v) is 16.8. The van der Waals surface area contributed by atoms with E-state index < -0.39 is 0 Å². The molecule has 0 atom stereocenters. The first-order valence-electron chi connectivity index (χ1n) is 9.44. The van der Waals surface area contributed by atoms with Crippen molar-refractivity contribution in [3.8, 4) is 11.5 Å². The molecule has 0 radical (unpaired) electrons. The fourth-order valence-electron chi connectivity index (χ4n) is 3.31. The van der Waals surface area contributed by atoms with Gasteiger partial charge in [-0.25, -0.2) is 4.68 Å². The standard InChI is InChI=1S/C23H21ClN4O/c1-17-21(22(29)25-14-13-18-7-3-2-4-8-18)23(27-15-5-6-16-27)28(26-17)20-11-9-19(24)10-12-20/h2-12,15-16H,13-14H2,1H3,(H,25,29). The minimum Gasteiger partial charge on any atom is -0.352 e. The lowest BCUT2D eigenvalue weighted by Gasteiger charge is -2.11. The second kappa shape index (κ2) is 8.37. The normalized spacial score (nSPS) is 10.8. The molecule has 6 heteroatoms. The van der Waals surface area contributed by atoms with Crippen LogP contribution >= 0.6 is 11.6 Å². The lowest BCUT2D eigenvalue weighted by atomic mass is 10.1. The van der Waals surface area contributed by atoms with E-state index in [2.05, 4.69) is 22.5 Å². The highest BCUT2D eigenvalue weighted by Gasteiger charge is 2.23. The van der Waals surface area contributed by atoms with Crippen molar-refractivity contribution < 1.29 is 4.79 Å². The van der Waals surface area contributed by atoms with E-state index in [1.165, 1.54) is 5.56 Å². The van der Waals surface area contributed by atoms with Gasteiger partial charge in [-0.1, -0.05) is 41.9 Å². The van der Waals surface area contributed by atoms with Crippen molar-refractivity contribution >= 4 is 17.5 Å². The zero-order valence-electron chi connectivity index (χ0n) is 16.0. The average molecular weight is 405 g/mol. The Labute approximate surface area is 174 Å². The predicted molar refractivity (Wildman–Crippen MR) is 115 cm³/mol. The molecule has 1 amide bonds. The highest BCUT2D eigenvalue weighted by molar-refractivity contribution is 6.30. The van der Waals surface area contributed by atoms with Crippen LogP contribution in [0.3, 0.4) is 0 Å². The maximum absolute atomic E-state index is 13.1. The smallest absolute Gasteiger partial charge is 0.257 e. The summed E-state index contributed by atoms with van der Waals surface area (Å²) in [7, 11) is 0. The van der Waals surface area contributed by atoms with Gasteiger partial charge in [-0.15, -0.1) is 0 Å². The summed E-state index contributed by atoms with van der Waals surface area (Å²) in [5.74, 6) is 0.564. The van der Waals surface area contributed by atoms with Gasteiger partial charge in [0.25, 0.3) is 5.91 Å². The van der Waals surface area contributed by atoms with Gasteiger partial charge in [0.1, 0.15) is 5.56 Å². The minimum atomic E-state index is -0.137. The van der Waals surface area contributed by atoms with Crippen LogP contribution in [0, 0.1) is 6.92 Å². The van der Waals surface area contributed by atoms with Crippen LogP contribution in [0.25, 0.3) is 11.5 Å². The van der Waals surface area contributed by atoms with Crippen LogP contribution in [0.2, 0.25) is 5.02 Å². The molecule has 0 aliphatic carbocycles. The summed E-state index contributed by atoms with van der Waals surface area (Å²) in [5.41, 5.74) is 3.25. The molecule has 4 rings (SSSR count). The number of amides is 1. The van der Waals surface area contributed by atoms with Crippen LogP contribution in [0.1, 0.15) is 21.6 Å². The van der Waals surface area contributed by atoms with Gasteiger partial charge < -0.3 is 9.88 Å². The van der Waals surface area contributed by atoms with E-state index >= 15 is 0 Å². The summed E-state index contributed by atoms with van der Waals surface area (Å²) < 4.78 is 3.68. The van der Waals surface area contributed by atoms with Crippen molar-refractivity contribution in [2.24, 2.45) is 0 Å². The van der Waals surface area contributed by atoms with E-state index in [1.54, 1.807) is 4.68 Å². The van der Waals surface area contributed by atoms with E-state index in [-0.39, 0.29) is 5.91 Å². The van der Waals surface area contributed by atoms with Crippen LogP contribution in [-0.2, 0) is 6.42 Å². The highest BCUT2D eigenvalue weighted by Crippen LogP contribution is 2.24. The Morgan fingerprint density at radius 1 is 1.00 bits per heavy atom. The third-order valence-electron chi connectivity index (χ3n) is 4.73. The molecule has 0 saturated heterocycles. The van der Waals surface area contributed by atoms with Crippen molar-refractivity contribution in [2.75, 3.05) is 6.54 Å². The van der Waals surface area contributed by atoms with Crippen LogP contribution < -0.4 is 5.32 Å². The summed E-state index contributed by atoms with van der Waals surface area (Å²) in [6, 6.07) is 21.3. The molecule has 0 fully saturated rings. The summed E-state index contributed by atoms with van der Waals surface area (Å²) >= 11 is 6.03. The van der Waals surface area contributed by atoms with Gasteiger partial charge in [0, 0.05) is 24.0 Å². The van der Waals surface area contributed by atoms with Crippen LogP contribution in [0.4, 0.5) is 0 Å². The number of aryl methyl sites for hydroxylation is 1. The summed E-state index contributed by atoms with van der Waals surface area (Å²) in [6.45, 7) is 2.41. The molecule has 0 saturated carbocycles. The second-order valence-corrected chi connectivity index (χ2v) is 7.19. The third kappa shape index (κ3) is 4.10. The first-order chi connectivity index (χ1) is 14.1. The molecular weight excluding hydrogens is 384 g/mol.